The summed E-state index contributed by atoms with van der Waals surface area (Å²) in [5.74, 6) is 0.712. The maximum atomic E-state index is 6.23. The zero-order valence-electron chi connectivity index (χ0n) is 9.91. The summed E-state index contributed by atoms with van der Waals surface area (Å²) >= 11 is 0. The molecular formula is C12H25N3. The van der Waals surface area contributed by atoms with Crippen molar-refractivity contribution in [2.24, 2.45) is 11.7 Å². The van der Waals surface area contributed by atoms with Gasteiger partial charge in [-0.15, -0.1) is 0 Å². The fourth-order valence-corrected chi connectivity index (χ4v) is 2.92. The van der Waals surface area contributed by atoms with Crippen molar-refractivity contribution < 1.29 is 0 Å². The Kier molecular flexibility index (Phi) is 4.00. The van der Waals surface area contributed by atoms with E-state index in [2.05, 4.69) is 17.3 Å². The van der Waals surface area contributed by atoms with Crippen LogP contribution < -0.4 is 11.1 Å². The van der Waals surface area contributed by atoms with Crippen molar-refractivity contribution in [3.8, 4) is 0 Å². The molecule has 88 valence electrons. The highest BCUT2D eigenvalue weighted by Gasteiger charge is 2.25. The largest absolute Gasteiger partial charge is 0.326 e. The van der Waals surface area contributed by atoms with E-state index in [-0.39, 0.29) is 0 Å². The van der Waals surface area contributed by atoms with Crippen LogP contribution in [0.15, 0.2) is 0 Å². The Morgan fingerprint density at radius 1 is 1.33 bits per heavy atom. The van der Waals surface area contributed by atoms with Gasteiger partial charge in [-0.25, -0.2) is 0 Å². The van der Waals surface area contributed by atoms with Crippen LogP contribution in [0.5, 0.6) is 0 Å². The third kappa shape index (κ3) is 3.16. The molecule has 0 amide bonds. The minimum Gasteiger partial charge on any atom is -0.326 e. The predicted octanol–water partition coefficient (Wildman–Crippen LogP) is 0.798. The van der Waals surface area contributed by atoms with Crippen molar-refractivity contribution in [2.45, 2.75) is 44.2 Å². The second-order valence-electron chi connectivity index (χ2n) is 5.36. The summed E-state index contributed by atoms with van der Waals surface area (Å²) in [6.07, 6.45) is 6.80. The van der Waals surface area contributed by atoms with E-state index in [1.165, 1.54) is 45.2 Å². The van der Waals surface area contributed by atoms with Crippen LogP contribution in [-0.4, -0.2) is 43.7 Å². The lowest BCUT2D eigenvalue weighted by molar-refractivity contribution is 0.353. The molecule has 3 heteroatoms. The lowest BCUT2D eigenvalue weighted by Crippen LogP contribution is -2.43. The van der Waals surface area contributed by atoms with Gasteiger partial charge in [-0.05, 0) is 38.8 Å². The van der Waals surface area contributed by atoms with E-state index in [4.69, 9.17) is 5.73 Å². The molecule has 15 heavy (non-hydrogen) atoms. The summed E-state index contributed by atoms with van der Waals surface area (Å²) in [4.78, 5) is 2.39. The van der Waals surface area contributed by atoms with E-state index < -0.39 is 0 Å². The molecule has 0 aromatic rings. The Balaban J connectivity index is 1.65. The van der Waals surface area contributed by atoms with Crippen LogP contribution in [0.25, 0.3) is 0 Å². The molecule has 2 atom stereocenters. The first kappa shape index (κ1) is 11.4. The third-order valence-electron chi connectivity index (χ3n) is 4.03. The van der Waals surface area contributed by atoms with Crippen LogP contribution in [0.2, 0.25) is 0 Å². The summed E-state index contributed by atoms with van der Waals surface area (Å²) < 4.78 is 0. The fraction of sp³-hybridized carbons (Fsp3) is 1.00. The molecule has 0 spiro atoms. The predicted molar refractivity (Wildman–Crippen MR) is 63.8 cm³/mol. The molecule has 2 rings (SSSR count). The van der Waals surface area contributed by atoms with Crippen molar-refractivity contribution in [1.82, 2.24) is 10.2 Å². The summed E-state index contributed by atoms with van der Waals surface area (Å²) in [6.45, 7) is 3.43. The topological polar surface area (TPSA) is 41.3 Å². The van der Waals surface area contributed by atoms with E-state index in [9.17, 15) is 0 Å². The Morgan fingerprint density at radius 2 is 2.07 bits per heavy atom. The molecule has 2 fully saturated rings. The molecule has 1 saturated heterocycles. The van der Waals surface area contributed by atoms with Gasteiger partial charge in [-0.2, -0.15) is 0 Å². The van der Waals surface area contributed by atoms with Crippen LogP contribution >= 0.6 is 0 Å². The first-order valence-electron chi connectivity index (χ1n) is 6.43. The molecule has 2 aliphatic rings. The van der Waals surface area contributed by atoms with Crippen LogP contribution in [0, 0.1) is 5.92 Å². The molecule has 3 nitrogen and oxygen atoms in total. The lowest BCUT2D eigenvalue weighted by Gasteiger charge is -2.22. The van der Waals surface area contributed by atoms with Crippen molar-refractivity contribution in [3.05, 3.63) is 0 Å². The maximum absolute atomic E-state index is 6.23. The zero-order chi connectivity index (χ0) is 10.7. The first-order valence-corrected chi connectivity index (χ1v) is 6.43. The number of hydrogen-bond donors (Lipinski definition) is 2. The average Bonchev–Trinajstić information content (AvgIpc) is 2.84. The normalized spacial score (nSPS) is 31.2. The summed E-state index contributed by atoms with van der Waals surface area (Å²) in [5, 5.41) is 3.63. The highest BCUT2D eigenvalue weighted by Crippen LogP contribution is 2.19. The smallest absolute Gasteiger partial charge is 0.0206 e. The number of hydrogen-bond acceptors (Lipinski definition) is 3. The quantitative estimate of drug-likeness (QED) is 0.722. The molecule has 1 aliphatic heterocycles. The van der Waals surface area contributed by atoms with Crippen LogP contribution in [0.1, 0.15) is 32.1 Å². The Hall–Kier alpha value is -0.120. The molecule has 3 N–H and O–H groups in total. The Bertz CT molecular complexity index is 189. The first-order chi connectivity index (χ1) is 7.25. The van der Waals surface area contributed by atoms with E-state index in [1.54, 1.807) is 0 Å². The molecule has 0 aromatic heterocycles. The van der Waals surface area contributed by atoms with Crippen LogP contribution in [0.3, 0.4) is 0 Å². The second-order valence-corrected chi connectivity index (χ2v) is 5.36. The van der Waals surface area contributed by atoms with Gasteiger partial charge in [0.2, 0.25) is 0 Å². The molecule has 0 aromatic carbocycles. The van der Waals surface area contributed by atoms with Crippen LogP contribution in [0.4, 0.5) is 0 Å². The van der Waals surface area contributed by atoms with Gasteiger partial charge in [0.15, 0.2) is 0 Å². The van der Waals surface area contributed by atoms with Gasteiger partial charge < -0.3 is 16.0 Å². The molecular weight excluding hydrogens is 186 g/mol. The average molecular weight is 211 g/mol. The second kappa shape index (κ2) is 5.28. The van der Waals surface area contributed by atoms with E-state index in [0.717, 1.165) is 12.6 Å². The molecule has 0 bridgehead atoms. The van der Waals surface area contributed by atoms with Crippen molar-refractivity contribution in [1.29, 1.82) is 0 Å². The molecule has 1 saturated carbocycles. The maximum Gasteiger partial charge on any atom is 0.0206 e. The number of nitrogens with one attached hydrogen (secondary N) is 1. The summed E-state index contributed by atoms with van der Waals surface area (Å²) in [6, 6.07) is 1.12. The van der Waals surface area contributed by atoms with E-state index in [0.29, 0.717) is 12.0 Å². The fourth-order valence-electron chi connectivity index (χ4n) is 2.92. The molecule has 0 radical (unpaired) electrons. The lowest BCUT2D eigenvalue weighted by atomic mass is 9.99. The van der Waals surface area contributed by atoms with E-state index >= 15 is 0 Å². The highest BCUT2D eigenvalue weighted by atomic mass is 15.1. The summed E-state index contributed by atoms with van der Waals surface area (Å²) in [7, 11) is 2.19. The minimum atomic E-state index is 0.357. The van der Waals surface area contributed by atoms with Crippen LogP contribution in [-0.2, 0) is 0 Å². The van der Waals surface area contributed by atoms with Gasteiger partial charge in [0.25, 0.3) is 0 Å². The van der Waals surface area contributed by atoms with Gasteiger partial charge in [0, 0.05) is 25.2 Å². The highest BCUT2D eigenvalue weighted by molar-refractivity contribution is 4.84. The van der Waals surface area contributed by atoms with Gasteiger partial charge >= 0.3 is 0 Å². The van der Waals surface area contributed by atoms with Crippen molar-refractivity contribution in [2.75, 3.05) is 26.7 Å². The van der Waals surface area contributed by atoms with Gasteiger partial charge in [-0.3, -0.25) is 0 Å². The van der Waals surface area contributed by atoms with Gasteiger partial charge in [-0.1, -0.05) is 12.8 Å². The monoisotopic (exact) mass is 211 g/mol. The SMILES string of the molecule is CN1CCC(C(N)CNC2CCCC2)C1. The molecule has 1 heterocycles. The summed E-state index contributed by atoms with van der Waals surface area (Å²) in [5.41, 5.74) is 6.23. The van der Waals surface area contributed by atoms with Crippen molar-refractivity contribution in [3.63, 3.8) is 0 Å². The standard InChI is InChI=1S/C12H25N3/c1-15-7-6-10(9-15)12(13)8-14-11-4-2-3-5-11/h10-12,14H,2-9,13H2,1H3. The molecule has 2 unspecified atom stereocenters. The number of likely N-dealkylation sites (tertiary alicyclic amines) is 1. The van der Waals surface area contributed by atoms with Gasteiger partial charge in [0.1, 0.15) is 0 Å². The molecule has 1 aliphatic carbocycles. The number of rotatable bonds is 4. The van der Waals surface area contributed by atoms with Crippen molar-refractivity contribution >= 4 is 0 Å². The zero-order valence-corrected chi connectivity index (χ0v) is 9.91. The van der Waals surface area contributed by atoms with E-state index in [1.807, 2.05) is 0 Å². The van der Waals surface area contributed by atoms with Gasteiger partial charge in [0.05, 0.1) is 0 Å². The number of nitrogens with two attached hydrogens (primary N) is 1. The third-order valence-corrected chi connectivity index (χ3v) is 4.03. The Labute approximate surface area is 93.4 Å². The number of nitrogens with zero attached hydrogens (tertiary/aromatic N) is 1. The Morgan fingerprint density at radius 3 is 2.67 bits per heavy atom. The minimum absolute atomic E-state index is 0.357.